The van der Waals surface area contributed by atoms with Gasteiger partial charge in [0.15, 0.2) is 0 Å². The van der Waals surface area contributed by atoms with Crippen LogP contribution in [0.3, 0.4) is 0 Å². The van der Waals surface area contributed by atoms with Gasteiger partial charge >= 0.3 is 0 Å². The Morgan fingerprint density at radius 1 is 1.86 bits per heavy atom. The minimum atomic E-state index is -0.586. The van der Waals surface area contributed by atoms with Crippen molar-refractivity contribution in [2.75, 3.05) is 6.67 Å². The van der Waals surface area contributed by atoms with Crippen molar-refractivity contribution in [2.24, 2.45) is 0 Å². The van der Waals surface area contributed by atoms with Gasteiger partial charge < -0.3 is 0 Å². The van der Waals surface area contributed by atoms with Crippen LogP contribution in [0.25, 0.3) is 0 Å². The van der Waals surface area contributed by atoms with E-state index in [9.17, 15) is 9.50 Å². The summed E-state index contributed by atoms with van der Waals surface area (Å²) in [4.78, 5) is 0. The fourth-order valence-electron chi connectivity index (χ4n) is 0.168. The van der Waals surface area contributed by atoms with Crippen molar-refractivity contribution >= 4 is 11.6 Å². The first-order chi connectivity index (χ1) is 3.27. The lowest BCUT2D eigenvalue weighted by atomic mass is 10.5. The molecule has 0 aromatic carbocycles. The average Bonchev–Trinajstić information content (AvgIpc) is 1.61. The molecule has 3 heteroatoms. The Kier molecular flexibility index (Phi) is 3.80. The number of rotatable bonds is 2. The molecule has 0 bridgehead atoms. The number of allylic oxidation sites excluding steroid dienone is 1. The van der Waals surface area contributed by atoms with Crippen LogP contribution in [-0.2, 0) is 5.11 Å². The number of halogens is 2. The Morgan fingerprint density at radius 3 is 2.57 bits per heavy atom. The summed E-state index contributed by atoms with van der Waals surface area (Å²) in [5, 5.41) is 9.16. The van der Waals surface area contributed by atoms with Gasteiger partial charge in [0, 0.05) is 0 Å². The second-order valence-corrected chi connectivity index (χ2v) is 1.36. The van der Waals surface area contributed by atoms with Crippen molar-refractivity contribution in [3.63, 3.8) is 0 Å². The van der Waals surface area contributed by atoms with Crippen LogP contribution in [-0.4, -0.2) is 6.67 Å². The normalized spacial score (nSPS) is 12.0. The van der Waals surface area contributed by atoms with Crippen LogP contribution in [0.2, 0.25) is 0 Å². The van der Waals surface area contributed by atoms with Gasteiger partial charge in [-0.3, -0.25) is 9.50 Å². The van der Waals surface area contributed by atoms with Gasteiger partial charge in [-0.1, -0.05) is 0 Å². The van der Waals surface area contributed by atoms with Crippen LogP contribution in [0.5, 0.6) is 0 Å². The largest absolute Gasteiger partial charge is 0.277 e. The lowest BCUT2D eigenvalue weighted by molar-refractivity contribution is 0.329. The van der Waals surface area contributed by atoms with Gasteiger partial charge in [0.2, 0.25) is 5.22 Å². The average molecular weight is 124 g/mol. The Hall–Kier alpha value is -0.240. The van der Waals surface area contributed by atoms with E-state index in [0.717, 1.165) is 6.08 Å². The molecular weight excluding hydrogens is 118 g/mol. The maximum Gasteiger partial charge on any atom is 0.241 e. The van der Waals surface area contributed by atoms with Gasteiger partial charge in [-0.25, -0.2) is 0 Å². The highest BCUT2D eigenvalue weighted by molar-refractivity contribution is 6.27. The maximum absolute atomic E-state index is 11.1. The van der Waals surface area contributed by atoms with E-state index >= 15 is 0 Å². The Bertz CT molecular complexity index is 68.1. The topological polar surface area (TPSA) is 19.9 Å². The Labute approximate surface area is 46.4 Å². The van der Waals surface area contributed by atoms with Gasteiger partial charge in [0.1, 0.15) is 0 Å². The van der Waals surface area contributed by atoms with Crippen molar-refractivity contribution in [2.45, 2.75) is 6.42 Å². The molecule has 7 heavy (non-hydrogen) atoms. The zero-order valence-electron chi connectivity index (χ0n) is 3.66. The molecule has 0 aromatic heterocycles. The van der Waals surface area contributed by atoms with Gasteiger partial charge in [0.25, 0.3) is 0 Å². The van der Waals surface area contributed by atoms with Crippen LogP contribution >= 0.6 is 11.6 Å². The Balaban J connectivity index is 3.08. The summed E-state index contributed by atoms with van der Waals surface area (Å²) in [6, 6.07) is 0. The van der Waals surface area contributed by atoms with E-state index in [-0.39, 0.29) is 6.42 Å². The molecule has 1 radical (unpaired) electrons. The van der Waals surface area contributed by atoms with Crippen molar-refractivity contribution in [3.05, 3.63) is 11.3 Å². The molecule has 0 N–H and O–H groups in total. The van der Waals surface area contributed by atoms with Gasteiger partial charge in [-0.05, 0) is 24.1 Å². The van der Waals surface area contributed by atoms with E-state index in [1.165, 1.54) is 0 Å². The summed E-state index contributed by atoms with van der Waals surface area (Å²) in [6.45, 7) is -0.515. The lowest BCUT2D eigenvalue weighted by Crippen LogP contribution is -1.68. The first kappa shape index (κ1) is 6.76. The second-order valence-electron chi connectivity index (χ2n) is 0.986. The summed E-state index contributed by atoms with van der Waals surface area (Å²) in [6.07, 6.45) is 1.23. The van der Waals surface area contributed by atoms with Gasteiger partial charge in [0.05, 0.1) is 6.67 Å². The summed E-state index contributed by atoms with van der Waals surface area (Å²) in [7, 11) is 0. The minimum absolute atomic E-state index is 0.127. The van der Waals surface area contributed by atoms with Crippen LogP contribution < -0.4 is 0 Å². The molecule has 0 atom stereocenters. The third-order valence-electron chi connectivity index (χ3n) is 0.414. The SMILES string of the molecule is [O]C(Cl)=CCCF. The van der Waals surface area contributed by atoms with E-state index in [1.54, 1.807) is 0 Å². The third-order valence-corrected chi connectivity index (χ3v) is 0.568. The zero-order chi connectivity index (χ0) is 5.70. The third kappa shape index (κ3) is 5.76. The predicted octanol–water partition coefficient (Wildman–Crippen LogP) is 1.86. The molecule has 0 aromatic rings. The molecule has 0 saturated heterocycles. The summed E-state index contributed by atoms with van der Waals surface area (Å²) < 4.78 is 11.1. The highest BCUT2D eigenvalue weighted by Crippen LogP contribution is 1.96. The van der Waals surface area contributed by atoms with Gasteiger partial charge in [-0.15, -0.1) is 0 Å². The standard InChI is InChI=1S/C4H5ClFO/c5-4(7)2-1-3-6/h2H,1,3H2. The van der Waals surface area contributed by atoms with E-state index in [4.69, 9.17) is 11.6 Å². The Morgan fingerprint density at radius 2 is 2.43 bits per heavy atom. The van der Waals surface area contributed by atoms with Crippen molar-refractivity contribution in [1.82, 2.24) is 0 Å². The molecule has 0 aliphatic rings. The summed E-state index contributed by atoms with van der Waals surface area (Å²) in [5.41, 5.74) is 0. The fourth-order valence-corrected chi connectivity index (χ4v) is 0.277. The summed E-state index contributed by atoms with van der Waals surface area (Å²) >= 11 is 4.80. The molecule has 41 valence electrons. The quantitative estimate of drug-likeness (QED) is 0.500. The van der Waals surface area contributed by atoms with Crippen molar-refractivity contribution < 1.29 is 9.50 Å². The lowest BCUT2D eigenvalue weighted by Gasteiger charge is -1.76. The molecule has 0 aliphatic heterocycles. The van der Waals surface area contributed by atoms with Crippen LogP contribution in [0.4, 0.5) is 4.39 Å². The van der Waals surface area contributed by atoms with Crippen LogP contribution in [0.15, 0.2) is 11.3 Å². The second kappa shape index (κ2) is 3.93. The maximum atomic E-state index is 11.1. The molecule has 0 rings (SSSR count). The van der Waals surface area contributed by atoms with Crippen LogP contribution in [0.1, 0.15) is 6.42 Å². The number of hydrogen-bond donors (Lipinski definition) is 0. The van der Waals surface area contributed by atoms with Crippen LogP contribution in [0, 0.1) is 0 Å². The molecule has 0 amide bonds. The molecule has 1 nitrogen and oxygen atoms in total. The summed E-state index contributed by atoms with van der Waals surface area (Å²) in [5.74, 6) is 0. The fraction of sp³-hybridized carbons (Fsp3) is 0.500. The number of alkyl halides is 1. The molecule has 0 aliphatic carbocycles. The molecule has 0 spiro atoms. The highest BCUT2D eigenvalue weighted by atomic mass is 35.5. The van der Waals surface area contributed by atoms with Gasteiger partial charge in [-0.2, -0.15) is 0 Å². The molecule has 0 heterocycles. The van der Waals surface area contributed by atoms with E-state index < -0.39 is 11.9 Å². The number of hydrogen-bond acceptors (Lipinski definition) is 0. The smallest absolute Gasteiger partial charge is 0.241 e. The van der Waals surface area contributed by atoms with Crippen molar-refractivity contribution in [1.29, 1.82) is 0 Å². The highest BCUT2D eigenvalue weighted by Gasteiger charge is 1.83. The monoisotopic (exact) mass is 123 g/mol. The van der Waals surface area contributed by atoms with E-state index in [2.05, 4.69) is 0 Å². The molecule has 0 unspecified atom stereocenters. The minimum Gasteiger partial charge on any atom is -0.277 e. The zero-order valence-corrected chi connectivity index (χ0v) is 4.41. The molecule has 0 fully saturated rings. The van der Waals surface area contributed by atoms with E-state index in [1.807, 2.05) is 0 Å². The first-order valence-corrected chi connectivity index (χ1v) is 2.24. The predicted molar refractivity (Wildman–Crippen MR) is 25.2 cm³/mol. The first-order valence-electron chi connectivity index (χ1n) is 1.86. The van der Waals surface area contributed by atoms with E-state index in [0.29, 0.717) is 0 Å². The molecule has 0 saturated carbocycles. The van der Waals surface area contributed by atoms with Crippen molar-refractivity contribution in [3.8, 4) is 0 Å². The molecular formula is C4H5ClFO.